The molecule has 0 unspecified atom stereocenters. The Morgan fingerprint density at radius 3 is 2.55 bits per heavy atom. The first-order valence-corrected chi connectivity index (χ1v) is 6.71. The molecule has 22 heavy (non-hydrogen) atoms. The summed E-state index contributed by atoms with van der Waals surface area (Å²) in [6.07, 6.45) is 0. The summed E-state index contributed by atoms with van der Waals surface area (Å²) in [5, 5.41) is 3.51. The van der Waals surface area contributed by atoms with E-state index < -0.39 is 17.3 Å². The van der Waals surface area contributed by atoms with Gasteiger partial charge < -0.3 is 9.73 Å². The minimum Gasteiger partial charge on any atom is -0.422 e. The molecule has 0 spiro atoms. The average molecular weight is 318 g/mol. The third-order valence-corrected chi connectivity index (χ3v) is 3.28. The SMILES string of the molecule is O=C(Nc1ccc(F)cc1)c1cc2cc(Cl)ccc2oc1=O. The molecule has 1 heterocycles. The van der Waals surface area contributed by atoms with Gasteiger partial charge in [-0.05, 0) is 48.5 Å². The van der Waals surface area contributed by atoms with E-state index in [1.807, 2.05) is 0 Å². The Hall–Kier alpha value is -2.66. The van der Waals surface area contributed by atoms with E-state index in [0.717, 1.165) is 0 Å². The lowest BCUT2D eigenvalue weighted by Crippen LogP contribution is -2.20. The van der Waals surface area contributed by atoms with Crippen LogP contribution in [0.4, 0.5) is 10.1 Å². The minimum absolute atomic E-state index is 0.154. The number of hydrogen-bond donors (Lipinski definition) is 1. The smallest absolute Gasteiger partial charge is 0.349 e. The van der Waals surface area contributed by atoms with Gasteiger partial charge in [-0.15, -0.1) is 0 Å². The van der Waals surface area contributed by atoms with Crippen molar-refractivity contribution in [2.24, 2.45) is 0 Å². The fourth-order valence-electron chi connectivity index (χ4n) is 1.98. The second-order valence-corrected chi connectivity index (χ2v) is 5.03. The molecular formula is C16H9ClFNO3. The molecule has 0 fully saturated rings. The number of carbonyl (C=O) groups excluding carboxylic acids is 1. The quantitative estimate of drug-likeness (QED) is 0.731. The van der Waals surface area contributed by atoms with Crippen LogP contribution in [0.2, 0.25) is 5.02 Å². The van der Waals surface area contributed by atoms with Gasteiger partial charge in [0.2, 0.25) is 0 Å². The highest BCUT2D eigenvalue weighted by atomic mass is 35.5. The molecule has 3 rings (SSSR count). The molecule has 0 bridgehead atoms. The molecule has 4 nitrogen and oxygen atoms in total. The lowest BCUT2D eigenvalue weighted by Gasteiger charge is -2.05. The number of carbonyl (C=O) groups is 1. The van der Waals surface area contributed by atoms with Gasteiger partial charge in [-0.3, -0.25) is 4.79 Å². The van der Waals surface area contributed by atoms with Gasteiger partial charge in [-0.25, -0.2) is 9.18 Å². The summed E-state index contributed by atoms with van der Waals surface area (Å²) in [5.41, 5.74) is -0.196. The van der Waals surface area contributed by atoms with Gasteiger partial charge in [-0.1, -0.05) is 11.6 Å². The van der Waals surface area contributed by atoms with Gasteiger partial charge >= 0.3 is 5.63 Å². The maximum Gasteiger partial charge on any atom is 0.349 e. The number of nitrogens with one attached hydrogen (secondary N) is 1. The molecule has 2 aromatic carbocycles. The summed E-state index contributed by atoms with van der Waals surface area (Å²) in [6.45, 7) is 0. The molecule has 3 aromatic rings. The number of halogens is 2. The summed E-state index contributed by atoms with van der Waals surface area (Å²) >= 11 is 5.88. The van der Waals surface area contributed by atoms with Crippen LogP contribution in [0.1, 0.15) is 10.4 Å². The van der Waals surface area contributed by atoms with Crippen LogP contribution in [-0.2, 0) is 0 Å². The standard InChI is InChI=1S/C16H9ClFNO3/c17-10-1-6-14-9(7-10)8-13(16(21)22-14)15(20)19-12-4-2-11(18)3-5-12/h1-8H,(H,19,20). The van der Waals surface area contributed by atoms with E-state index >= 15 is 0 Å². The Labute approximate surface area is 129 Å². The van der Waals surface area contributed by atoms with E-state index in [1.165, 1.54) is 30.3 Å². The van der Waals surface area contributed by atoms with Crippen molar-refractivity contribution >= 4 is 34.2 Å². The highest BCUT2D eigenvalue weighted by Gasteiger charge is 2.14. The van der Waals surface area contributed by atoms with Crippen LogP contribution in [0.25, 0.3) is 11.0 Å². The van der Waals surface area contributed by atoms with Crippen molar-refractivity contribution in [3.05, 3.63) is 75.4 Å². The van der Waals surface area contributed by atoms with Crippen molar-refractivity contribution in [1.82, 2.24) is 0 Å². The van der Waals surface area contributed by atoms with Crippen LogP contribution in [0, 0.1) is 5.82 Å². The number of benzene rings is 2. The second-order valence-electron chi connectivity index (χ2n) is 4.59. The third kappa shape index (κ3) is 2.84. The second kappa shape index (κ2) is 5.61. The van der Waals surface area contributed by atoms with Crippen LogP contribution in [0.15, 0.2) is 57.7 Å². The molecule has 0 radical (unpaired) electrons. The van der Waals surface area contributed by atoms with Gasteiger partial charge in [-0.2, -0.15) is 0 Å². The first-order chi connectivity index (χ1) is 10.5. The number of hydrogen-bond acceptors (Lipinski definition) is 3. The Morgan fingerprint density at radius 2 is 1.82 bits per heavy atom. The zero-order chi connectivity index (χ0) is 15.7. The molecule has 0 aliphatic carbocycles. The molecule has 6 heteroatoms. The van der Waals surface area contributed by atoms with E-state index in [9.17, 15) is 14.0 Å². The summed E-state index contributed by atoms with van der Waals surface area (Å²) < 4.78 is 17.9. The van der Waals surface area contributed by atoms with Crippen molar-refractivity contribution in [1.29, 1.82) is 0 Å². The first kappa shape index (κ1) is 14.3. The van der Waals surface area contributed by atoms with Crippen LogP contribution >= 0.6 is 11.6 Å². The van der Waals surface area contributed by atoms with Gasteiger partial charge in [0, 0.05) is 16.1 Å². The maximum atomic E-state index is 12.8. The molecule has 0 saturated heterocycles. The predicted octanol–water partition coefficient (Wildman–Crippen LogP) is 3.84. The van der Waals surface area contributed by atoms with Gasteiger partial charge in [0.1, 0.15) is 17.0 Å². The van der Waals surface area contributed by atoms with E-state index in [0.29, 0.717) is 21.7 Å². The largest absolute Gasteiger partial charge is 0.422 e. The molecule has 110 valence electrons. The van der Waals surface area contributed by atoms with E-state index in [2.05, 4.69) is 5.32 Å². The van der Waals surface area contributed by atoms with Crippen LogP contribution in [-0.4, -0.2) is 5.91 Å². The molecule has 0 atom stereocenters. The van der Waals surface area contributed by atoms with E-state index in [4.69, 9.17) is 16.0 Å². The van der Waals surface area contributed by atoms with Crippen LogP contribution in [0.5, 0.6) is 0 Å². The summed E-state index contributed by atoms with van der Waals surface area (Å²) in [6, 6.07) is 11.3. The Bertz CT molecular complexity index is 919. The topological polar surface area (TPSA) is 59.3 Å². The van der Waals surface area contributed by atoms with E-state index in [-0.39, 0.29) is 5.56 Å². The van der Waals surface area contributed by atoms with Gasteiger partial charge in [0.25, 0.3) is 5.91 Å². The van der Waals surface area contributed by atoms with Crippen LogP contribution in [0.3, 0.4) is 0 Å². The number of fused-ring (bicyclic) bond motifs is 1. The fraction of sp³-hybridized carbons (Fsp3) is 0. The molecular weight excluding hydrogens is 309 g/mol. The summed E-state index contributed by atoms with van der Waals surface area (Å²) in [4.78, 5) is 24.0. The predicted molar refractivity (Wildman–Crippen MR) is 81.8 cm³/mol. The number of anilines is 1. The molecule has 0 aliphatic rings. The van der Waals surface area contributed by atoms with Crippen molar-refractivity contribution < 1.29 is 13.6 Å². The lowest BCUT2D eigenvalue weighted by atomic mass is 10.1. The molecule has 0 aliphatic heterocycles. The normalized spacial score (nSPS) is 10.6. The Balaban J connectivity index is 1.98. The highest BCUT2D eigenvalue weighted by Crippen LogP contribution is 2.19. The molecule has 1 aromatic heterocycles. The van der Waals surface area contributed by atoms with Crippen LogP contribution < -0.4 is 10.9 Å². The first-order valence-electron chi connectivity index (χ1n) is 6.33. The minimum atomic E-state index is -0.755. The monoisotopic (exact) mass is 317 g/mol. The fourth-order valence-corrected chi connectivity index (χ4v) is 2.16. The highest BCUT2D eigenvalue weighted by molar-refractivity contribution is 6.31. The van der Waals surface area contributed by atoms with Crippen molar-refractivity contribution in [2.75, 3.05) is 5.32 Å². The van der Waals surface area contributed by atoms with Crippen molar-refractivity contribution in [3.63, 3.8) is 0 Å². The molecule has 1 amide bonds. The zero-order valence-electron chi connectivity index (χ0n) is 11.1. The number of rotatable bonds is 2. The average Bonchev–Trinajstić information content (AvgIpc) is 2.49. The maximum absolute atomic E-state index is 12.8. The molecule has 0 saturated carbocycles. The van der Waals surface area contributed by atoms with Crippen molar-refractivity contribution in [2.45, 2.75) is 0 Å². The Kier molecular flexibility index (Phi) is 3.65. The Morgan fingerprint density at radius 1 is 1.09 bits per heavy atom. The third-order valence-electron chi connectivity index (χ3n) is 3.04. The van der Waals surface area contributed by atoms with E-state index in [1.54, 1.807) is 18.2 Å². The summed E-state index contributed by atoms with van der Waals surface area (Å²) in [5.74, 6) is -1.06. The van der Waals surface area contributed by atoms with Gasteiger partial charge in [0.05, 0.1) is 0 Å². The summed E-state index contributed by atoms with van der Waals surface area (Å²) in [7, 11) is 0. The number of amides is 1. The lowest BCUT2D eigenvalue weighted by molar-refractivity contribution is 0.102. The van der Waals surface area contributed by atoms with Gasteiger partial charge in [0.15, 0.2) is 0 Å². The van der Waals surface area contributed by atoms with Crippen molar-refractivity contribution in [3.8, 4) is 0 Å². The molecule has 1 N–H and O–H groups in total. The zero-order valence-corrected chi connectivity index (χ0v) is 11.9.